The summed E-state index contributed by atoms with van der Waals surface area (Å²) >= 11 is 1.39. The Bertz CT molecular complexity index is 455. The van der Waals surface area contributed by atoms with Gasteiger partial charge in [0.05, 0.1) is 0 Å². The van der Waals surface area contributed by atoms with Crippen molar-refractivity contribution in [2.75, 3.05) is 19.3 Å². The molecule has 0 saturated carbocycles. The number of hydrogen-bond donors (Lipinski definition) is 1. The molecule has 0 fully saturated rings. The monoisotopic (exact) mass is 291 g/mol. The molecule has 5 nitrogen and oxygen atoms in total. The highest BCUT2D eigenvalue weighted by molar-refractivity contribution is 7.90. The molecule has 0 saturated heterocycles. The normalized spacial score (nSPS) is 12.2. The molecule has 7 heteroatoms. The molecule has 0 aliphatic carbocycles. The molecule has 1 rings (SSSR count). The van der Waals surface area contributed by atoms with Crippen molar-refractivity contribution < 1.29 is 8.42 Å². The maximum atomic E-state index is 11.1. The van der Waals surface area contributed by atoms with Gasteiger partial charge in [-0.15, -0.1) is 21.5 Å². The summed E-state index contributed by atoms with van der Waals surface area (Å²) in [7, 11) is -3.01. The summed E-state index contributed by atoms with van der Waals surface area (Å²) in [5.74, 6) is 0.656. The van der Waals surface area contributed by atoms with Crippen molar-refractivity contribution in [3.63, 3.8) is 0 Å². The van der Waals surface area contributed by atoms with Crippen molar-refractivity contribution in [3.05, 3.63) is 10.0 Å². The Morgan fingerprint density at radius 1 is 1.28 bits per heavy atom. The smallest absolute Gasteiger partial charge is 0.154 e. The van der Waals surface area contributed by atoms with Crippen LogP contribution in [0.2, 0.25) is 0 Å². The number of nitrogens with one attached hydrogen (secondary N) is 1. The zero-order valence-electron chi connectivity index (χ0n) is 11.1. The summed E-state index contributed by atoms with van der Waals surface area (Å²) in [6, 6.07) is 0. The Balaban J connectivity index is 2.27. The SMILES string of the molecule is CC(C)CNCCCc1nnc(CS(C)(=O)=O)s1. The average Bonchev–Trinajstić information content (AvgIpc) is 2.62. The molecule has 0 amide bonds. The van der Waals surface area contributed by atoms with Crippen LogP contribution in [0.4, 0.5) is 0 Å². The lowest BCUT2D eigenvalue weighted by atomic mass is 10.2. The highest BCUT2D eigenvalue weighted by atomic mass is 32.2. The zero-order chi connectivity index (χ0) is 13.6. The predicted octanol–water partition coefficient (Wildman–Crippen LogP) is 1.26. The van der Waals surface area contributed by atoms with Crippen LogP contribution in [0.3, 0.4) is 0 Å². The first-order valence-corrected chi connectivity index (χ1v) is 8.94. The number of nitrogens with zero attached hydrogens (tertiary/aromatic N) is 2. The van der Waals surface area contributed by atoms with E-state index in [-0.39, 0.29) is 5.75 Å². The van der Waals surface area contributed by atoms with Gasteiger partial charge in [-0.3, -0.25) is 0 Å². The van der Waals surface area contributed by atoms with E-state index in [1.54, 1.807) is 0 Å². The van der Waals surface area contributed by atoms with Crippen LogP contribution in [-0.2, 0) is 22.0 Å². The van der Waals surface area contributed by atoms with E-state index in [2.05, 4.69) is 29.4 Å². The Labute approximate surface area is 113 Å². The van der Waals surface area contributed by atoms with E-state index in [0.717, 1.165) is 30.9 Å². The van der Waals surface area contributed by atoms with Crippen molar-refractivity contribution in [1.29, 1.82) is 0 Å². The van der Waals surface area contributed by atoms with Gasteiger partial charge < -0.3 is 5.32 Å². The minimum absolute atomic E-state index is 0.00370. The summed E-state index contributed by atoms with van der Waals surface area (Å²) < 4.78 is 22.2. The lowest BCUT2D eigenvalue weighted by Gasteiger charge is -2.05. The molecule has 0 spiro atoms. The summed E-state index contributed by atoms with van der Waals surface area (Å²) in [4.78, 5) is 0. The van der Waals surface area contributed by atoms with Gasteiger partial charge in [-0.25, -0.2) is 8.42 Å². The molecular formula is C11H21N3O2S2. The standard InChI is InChI=1S/C11H21N3O2S2/c1-9(2)7-12-6-4-5-10-13-14-11(17-10)8-18(3,15)16/h9,12H,4-8H2,1-3H3. The fraction of sp³-hybridized carbons (Fsp3) is 0.818. The van der Waals surface area contributed by atoms with Crippen LogP contribution in [0.15, 0.2) is 0 Å². The highest BCUT2D eigenvalue weighted by Crippen LogP contribution is 2.13. The maximum Gasteiger partial charge on any atom is 0.154 e. The molecule has 1 N–H and O–H groups in total. The van der Waals surface area contributed by atoms with Gasteiger partial charge in [0.25, 0.3) is 0 Å². The molecule has 0 radical (unpaired) electrons. The second-order valence-electron chi connectivity index (χ2n) is 4.86. The van der Waals surface area contributed by atoms with E-state index in [9.17, 15) is 8.42 Å². The third kappa shape index (κ3) is 7.03. The summed E-state index contributed by atoms with van der Waals surface area (Å²) in [5, 5.41) is 12.8. The second kappa shape index (κ2) is 7.16. The molecule has 18 heavy (non-hydrogen) atoms. The number of hydrogen-bond acceptors (Lipinski definition) is 6. The molecule has 0 atom stereocenters. The van der Waals surface area contributed by atoms with Crippen LogP contribution in [0.5, 0.6) is 0 Å². The first kappa shape index (κ1) is 15.5. The molecule has 104 valence electrons. The molecule has 0 aliphatic rings. The molecule has 1 heterocycles. The molecule has 0 bridgehead atoms. The first-order valence-electron chi connectivity index (χ1n) is 6.06. The minimum atomic E-state index is -3.01. The van der Waals surface area contributed by atoms with E-state index >= 15 is 0 Å². The topological polar surface area (TPSA) is 72.0 Å². The summed E-state index contributed by atoms with van der Waals surface area (Å²) in [6.07, 6.45) is 3.07. The molecular weight excluding hydrogens is 270 g/mol. The van der Waals surface area contributed by atoms with Crippen LogP contribution >= 0.6 is 11.3 Å². The molecule has 0 unspecified atom stereocenters. The van der Waals surface area contributed by atoms with Crippen LogP contribution in [-0.4, -0.2) is 38.0 Å². The van der Waals surface area contributed by atoms with E-state index < -0.39 is 9.84 Å². The molecule has 1 aromatic rings. The van der Waals surface area contributed by atoms with Gasteiger partial charge >= 0.3 is 0 Å². The van der Waals surface area contributed by atoms with Crippen LogP contribution in [0.25, 0.3) is 0 Å². The van der Waals surface area contributed by atoms with Crippen LogP contribution < -0.4 is 5.32 Å². The average molecular weight is 291 g/mol. The van der Waals surface area contributed by atoms with Crippen LogP contribution in [0.1, 0.15) is 30.3 Å². The van der Waals surface area contributed by atoms with Gasteiger partial charge in [0.15, 0.2) is 9.84 Å². The molecule has 0 aliphatic heterocycles. The highest BCUT2D eigenvalue weighted by Gasteiger charge is 2.10. The minimum Gasteiger partial charge on any atom is -0.316 e. The van der Waals surface area contributed by atoms with Gasteiger partial charge in [0, 0.05) is 12.7 Å². The number of aryl methyl sites for hydroxylation is 1. The quantitative estimate of drug-likeness (QED) is 0.730. The van der Waals surface area contributed by atoms with Crippen molar-refractivity contribution >= 4 is 21.2 Å². The van der Waals surface area contributed by atoms with Gasteiger partial charge in [-0.1, -0.05) is 13.8 Å². The lowest BCUT2D eigenvalue weighted by Crippen LogP contribution is -2.21. The van der Waals surface area contributed by atoms with Crippen molar-refractivity contribution in [3.8, 4) is 0 Å². The second-order valence-corrected chi connectivity index (χ2v) is 8.15. The van der Waals surface area contributed by atoms with Crippen LogP contribution in [0, 0.1) is 5.92 Å². The number of sulfone groups is 1. The Kier molecular flexibility index (Phi) is 6.17. The summed E-state index contributed by atoms with van der Waals surface area (Å²) in [6.45, 7) is 6.33. The molecule has 1 aromatic heterocycles. The van der Waals surface area contributed by atoms with E-state index in [0.29, 0.717) is 10.9 Å². The van der Waals surface area contributed by atoms with Crippen molar-refractivity contribution in [2.45, 2.75) is 32.4 Å². The Morgan fingerprint density at radius 3 is 2.56 bits per heavy atom. The number of aromatic nitrogens is 2. The van der Waals surface area contributed by atoms with E-state index in [1.165, 1.54) is 17.6 Å². The molecule has 0 aromatic carbocycles. The first-order chi connectivity index (χ1) is 8.37. The third-order valence-corrected chi connectivity index (χ3v) is 4.15. The fourth-order valence-corrected chi connectivity index (χ4v) is 3.49. The van der Waals surface area contributed by atoms with Gasteiger partial charge in [0.2, 0.25) is 0 Å². The third-order valence-electron chi connectivity index (χ3n) is 2.19. The maximum absolute atomic E-state index is 11.1. The van der Waals surface area contributed by atoms with Gasteiger partial charge in [0.1, 0.15) is 15.8 Å². The fourth-order valence-electron chi connectivity index (χ4n) is 1.43. The largest absolute Gasteiger partial charge is 0.316 e. The van der Waals surface area contributed by atoms with Crippen molar-refractivity contribution in [1.82, 2.24) is 15.5 Å². The lowest BCUT2D eigenvalue weighted by molar-refractivity contribution is 0.542. The Morgan fingerprint density at radius 2 is 1.94 bits per heavy atom. The van der Waals surface area contributed by atoms with E-state index in [1.807, 2.05) is 0 Å². The van der Waals surface area contributed by atoms with Crippen molar-refractivity contribution in [2.24, 2.45) is 5.92 Å². The summed E-state index contributed by atoms with van der Waals surface area (Å²) in [5.41, 5.74) is 0. The Hall–Kier alpha value is -0.530. The zero-order valence-corrected chi connectivity index (χ0v) is 12.8. The van der Waals surface area contributed by atoms with Gasteiger partial charge in [-0.05, 0) is 25.4 Å². The predicted molar refractivity (Wildman–Crippen MR) is 74.5 cm³/mol. The van der Waals surface area contributed by atoms with E-state index in [4.69, 9.17) is 0 Å². The number of rotatable bonds is 8. The van der Waals surface area contributed by atoms with Gasteiger partial charge in [-0.2, -0.15) is 0 Å².